The quantitative estimate of drug-likeness (QED) is 0.174. The first kappa shape index (κ1) is 32.0. The zero-order valence-electron chi connectivity index (χ0n) is 24.4. The molecule has 4 aromatic carbocycles. The molecule has 4 aromatic rings. The number of aliphatic hydroxyl groups is 1. The third kappa shape index (κ3) is 5.98. The fourth-order valence-electron chi connectivity index (χ4n) is 6.00. The van der Waals surface area contributed by atoms with Crippen molar-refractivity contribution in [2.24, 2.45) is 5.92 Å². The second-order valence-corrected chi connectivity index (χ2v) is 10.4. The van der Waals surface area contributed by atoms with E-state index in [9.17, 15) is 15.0 Å². The summed E-state index contributed by atoms with van der Waals surface area (Å²) < 4.78 is 33.8. The van der Waals surface area contributed by atoms with Gasteiger partial charge in [-0.15, -0.1) is 0 Å². The van der Waals surface area contributed by atoms with Crippen molar-refractivity contribution in [2.75, 3.05) is 34.2 Å². The van der Waals surface area contributed by atoms with Gasteiger partial charge in [-0.1, -0.05) is 42.5 Å². The van der Waals surface area contributed by atoms with Crippen molar-refractivity contribution in [3.63, 3.8) is 0 Å². The maximum Gasteiger partial charge on any atom is 0.313 e. The number of aromatic hydroxyl groups is 1. The Labute approximate surface area is 288 Å². The molecule has 1 radical (unpaired) electrons. The van der Waals surface area contributed by atoms with Gasteiger partial charge >= 0.3 is 5.97 Å². The van der Waals surface area contributed by atoms with E-state index < -0.39 is 23.4 Å². The van der Waals surface area contributed by atoms with Crippen molar-refractivity contribution in [1.82, 2.24) is 0 Å². The van der Waals surface area contributed by atoms with Gasteiger partial charge in [-0.3, -0.25) is 4.79 Å². The smallest absolute Gasteiger partial charge is 0.313 e. The molecule has 0 bridgehead atoms. The van der Waals surface area contributed by atoms with Crippen molar-refractivity contribution in [3.05, 3.63) is 113 Å². The molecule has 44 heavy (non-hydrogen) atoms. The number of hydrogen-bond acceptors (Lipinski definition) is 9. The first-order valence-corrected chi connectivity index (χ1v) is 13.9. The van der Waals surface area contributed by atoms with Crippen LogP contribution in [0, 0.1) is 47.2 Å². The van der Waals surface area contributed by atoms with E-state index in [-0.39, 0.29) is 67.0 Å². The number of fused-ring (bicyclic) bond motifs is 2. The average Bonchev–Trinajstić information content (AvgIpc) is 3.61. The second kappa shape index (κ2) is 13.7. The molecule has 1 aliphatic heterocycles. The molecule has 2 aliphatic rings. The monoisotopic (exact) mass is 725 g/mol. The van der Waals surface area contributed by atoms with Gasteiger partial charge in [0.2, 0.25) is 6.79 Å². The fraction of sp³-hybridized carbons (Fsp3) is 0.265. The molecule has 0 amide bonds. The van der Waals surface area contributed by atoms with Gasteiger partial charge in [0.15, 0.2) is 11.5 Å². The van der Waals surface area contributed by atoms with Crippen molar-refractivity contribution in [1.29, 1.82) is 0 Å². The van der Waals surface area contributed by atoms with E-state index in [0.717, 1.165) is 5.56 Å². The number of carbonyl (C=O) groups is 1. The van der Waals surface area contributed by atoms with Crippen LogP contribution >= 0.6 is 0 Å². The molecule has 0 saturated carbocycles. The summed E-state index contributed by atoms with van der Waals surface area (Å²) in [6, 6.07) is 25.0. The van der Waals surface area contributed by atoms with Crippen molar-refractivity contribution >= 4 is 5.97 Å². The second-order valence-electron chi connectivity index (χ2n) is 10.4. The van der Waals surface area contributed by atoms with E-state index in [1.165, 1.54) is 26.4 Å². The number of phenols is 1. The summed E-state index contributed by atoms with van der Waals surface area (Å²) in [5, 5.41) is 23.4. The SMILES string of the molecule is COC(=O)[C@@H]1[C@@H](c2ccc3c(c2)OCO3)c2ccc(O)cc2[C@@]1(O)c1ccc(OC)cc1OCCOCc1ccccc1.[Pr]. The zero-order valence-corrected chi connectivity index (χ0v) is 28.1. The minimum Gasteiger partial charge on any atom is -0.508 e. The van der Waals surface area contributed by atoms with E-state index in [1.54, 1.807) is 36.4 Å². The standard InChI is InChI=1S/C34H32O9.Pr/c1-38-24-10-12-26(29(18-24)41-15-14-40-19-21-6-4-3-5-7-21)34(37)27-17-23(35)9-11-25(27)31(32(34)33(36)39-2)22-8-13-28-30(16-22)43-20-42-28;/h3-13,16-18,31-32,35,37H,14-15,19-20H2,1-2H3;/t31-,32-,34-;/m0./s1. The number of hydrogen-bond donors (Lipinski definition) is 2. The van der Waals surface area contributed by atoms with Gasteiger partial charge in [0.1, 0.15) is 35.4 Å². The van der Waals surface area contributed by atoms with Crippen molar-refractivity contribution in [3.8, 4) is 28.7 Å². The number of ether oxygens (including phenoxy) is 6. The first-order valence-electron chi connectivity index (χ1n) is 13.9. The molecule has 0 fully saturated rings. The Hall–Kier alpha value is -3.37. The number of esters is 1. The maximum atomic E-state index is 13.7. The predicted octanol–water partition coefficient (Wildman–Crippen LogP) is 4.90. The third-order valence-electron chi connectivity index (χ3n) is 7.97. The molecule has 6 rings (SSSR count). The van der Waals surface area contributed by atoms with Crippen LogP contribution in [0.2, 0.25) is 0 Å². The summed E-state index contributed by atoms with van der Waals surface area (Å²) in [6.07, 6.45) is 0. The van der Waals surface area contributed by atoms with Crippen LogP contribution in [-0.2, 0) is 26.5 Å². The molecule has 0 spiro atoms. The van der Waals surface area contributed by atoms with Gasteiger partial charge in [-0.25, -0.2) is 0 Å². The number of phenolic OH excluding ortho intramolecular Hbond substituents is 1. The molecule has 0 unspecified atom stereocenters. The third-order valence-corrected chi connectivity index (χ3v) is 7.97. The van der Waals surface area contributed by atoms with E-state index >= 15 is 0 Å². The Morgan fingerprint density at radius 3 is 2.48 bits per heavy atom. The van der Waals surface area contributed by atoms with Crippen LogP contribution in [0.25, 0.3) is 0 Å². The summed E-state index contributed by atoms with van der Waals surface area (Å²) in [5.41, 5.74) is 1.14. The Bertz CT molecular complexity index is 1630. The predicted molar refractivity (Wildman–Crippen MR) is 156 cm³/mol. The van der Waals surface area contributed by atoms with Crippen LogP contribution in [0.5, 0.6) is 28.7 Å². The number of rotatable bonds is 10. The molecular weight excluding hydrogens is 693 g/mol. The topological polar surface area (TPSA) is 113 Å². The van der Waals surface area contributed by atoms with Crippen LogP contribution in [0.3, 0.4) is 0 Å². The molecule has 2 N–H and O–H groups in total. The van der Waals surface area contributed by atoms with E-state index in [4.69, 9.17) is 28.4 Å². The fourth-order valence-corrected chi connectivity index (χ4v) is 6.00. The van der Waals surface area contributed by atoms with Gasteiger partial charge in [0, 0.05) is 58.8 Å². The summed E-state index contributed by atoms with van der Waals surface area (Å²) in [5.74, 6) is -0.528. The Balaban J connectivity index is 0.00000384. The first-order chi connectivity index (χ1) is 20.9. The summed E-state index contributed by atoms with van der Waals surface area (Å²) in [7, 11) is 2.82. The molecule has 1 heterocycles. The molecule has 3 atom stereocenters. The number of carbonyl (C=O) groups excluding carboxylic acids is 1. The van der Waals surface area contributed by atoms with Gasteiger partial charge in [-0.05, 0) is 58.7 Å². The van der Waals surface area contributed by atoms with Crippen LogP contribution in [0.4, 0.5) is 0 Å². The molecule has 0 saturated heterocycles. The maximum absolute atomic E-state index is 13.7. The van der Waals surface area contributed by atoms with Gasteiger partial charge in [-0.2, -0.15) is 0 Å². The molecule has 225 valence electrons. The van der Waals surface area contributed by atoms with E-state index in [0.29, 0.717) is 51.9 Å². The number of benzene rings is 4. The van der Waals surface area contributed by atoms with Gasteiger partial charge in [0.05, 0.1) is 27.4 Å². The van der Waals surface area contributed by atoms with Crippen molar-refractivity contribution in [2.45, 2.75) is 18.1 Å². The normalized spacial score (nSPS) is 19.5. The summed E-state index contributed by atoms with van der Waals surface area (Å²) in [6.45, 7) is 0.972. The van der Waals surface area contributed by atoms with Crippen molar-refractivity contribution < 1.29 is 84.7 Å². The molecular formula is C34H32O9Pr. The van der Waals surface area contributed by atoms with E-state index in [2.05, 4.69) is 0 Å². The van der Waals surface area contributed by atoms with Crippen LogP contribution in [-0.4, -0.2) is 50.4 Å². The molecule has 9 nitrogen and oxygen atoms in total. The van der Waals surface area contributed by atoms with E-state index in [1.807, 2.05) is 36.4 Å². The van der Waals surface area contributed by atoms with Crippen LogP contribution in [0.1, 0.15) is 33.7 Å². The average molecular weight is 726 g/mol. The Morgan fingerprint density at radius 2 is 1.70 bits per heavy atom. The molecule has 1 aliphatic carbocycles. The van der Waals surface area contributed by atoms with Gasteiger partial charge in [0.25, 0.3) is 0 Å². The van der Waals surface area contributed by atoms with Crippen LogP contribution in [0.15, 0.2) is 84.9 Å². The minimum atomic E-state index is -1.95. The molecule has 10 heteroatoms. The largest absolute Gasteiger partial charge is 0.508 e. The van der Waals surface area contributed by atoms with Gasteiger partial charge < -0.3 is 38.6 Å². The Morgan fingerprint density at radius 1 is 0.909 bits per heavy atom. The summed E-state index contributed by atoms with van der Waals surface area (Å²) >= 11 is 0. The Kier molecular flexibility index (Phi) is 10.00. The molecule has 0 aromatic heterocycles. The minimum absolute atomic E-state index is 0. The van der Waals surface area contributed by atoms with Crippen LogP contribution < -0.4 is 18.9 Å². The summed E-state index contributed by atoms with van der Waals surface area (Å²) in [4.78, 5) is 13.7. The number of methoxy groups -OCH3 is 2. The zero-order chi connectivity index (χ0) is 30.0.